The highest BCUT2D eigenvalue weighted by Crippen LogP contribution is 2.08. The number of esters is 1. The third kappa shape index (κ3) is 24.3. The van der Waals surface area contributed by atoms with Crippen molar-refractivity contribution < 1.29 is 42.8 Å². The molecule has 0 aromatic rings. The largest absolute Gasteiger partial charge is 0.466 e. The smallest absolute Gasteiger partial charge is 0.408 e. The number of amides is 2. The van der Waals surface area contributed by atoms with Crippen LogP contribution in [0, 0.1) is 0 Å². The van der Waals surface area contributed by atoms with Crippen molar-refractivity contribution in [3.8, 4) is 0 Å². The second kappa shape index (κ2) is 20.2. The van der Waals surface area contributed by atoms with Gasteiger partial charge in [0.1, 0.15) is 11.6 Å². The van der Waals surface area contributed by atoms with Crippen molar-refractivity contribution in [1.29, 1.82) is 0 Å². The molecule has 13 heteroatoms. The van der Waals surface area contributed by atoms with Gasteiger partial charge in [-0.25, -0.2) is 4.79 Å². The Hall–Kier alpha value is -1.77. The molecular weight excluding hydrogens is 502 g/mol. The van der Waals surface area contributed by atoms with Crippen LogP contribution in [-0.2, 0) is 38.0 Å². The number of alkyl carbamates (subject to hydrolysis) is 1. The van der Waals surface area contributed by atoms with Crippen LogP contribution in [0.1, 0.15) is 27.2 Å². The summed E-state index contributed by atoms with van der Waals surface area (Å²) in [6, 6.07) is 0.0799. The summed E-state index contributed by atoms with van der Waals surface area (Å²) in [5, 5.41) is 5.09. The minimum atomic E-state index is -1.19. The summed E-state index contributed by atoms with van der Waals surface area (Å²) in [6.45, 7) is 15.6. The van der Waals surface area contributed by atoms with Gasteiger partial charge in [-0.3, -0.25) is 9.59 Å². The molecule has 0 heterocycles. The number of nitrogens with one attached hydrogen (secondary N) is 2. The number of nitrogens with two attached hydrogens (primary N) is 1. The third-order valence-corrected chi connectivity index (χ3v) is 6.17. The molecular formula is C24H49N3O9Si. The van der Waals surface area contributed by atoms with Crippen LogP contribution in [0.4, 0.5) is 4.79 Å². The first-order chi connectivity index (χ1) is 17.3. The van der Waals surface area contributed by atoms with E-state index in [0.717, 1.165) is 6.04 Å². The molecule has 0 saturated carbocycles. The molecule has 0 rings (SSSR count). The molecule has 0 bridgehead atoms. The zero-order valence-electron chi connectivity index (χ0n) is 23.5. The molecule has 0 aliphatic carbocycles. The Morgan fingerprint density at radius 3 is 1.81 bits per heavy atom. The zero-order chi connectivity index (χ0) is 28.2. The molecule has 12 nitrogen and oxygen atoms in total. The van der Waals surface area contributed by atoms with Crippen LogP contribution in [0.5, 0.6) is 0 Å². The van der Waals surface area contributed by atoms with E-state index in [1.54, 1.807) is 20.8 Å². The molecule has 0 radical (unpaired) electrons. The van der Waals surface area contributed by atoms with Crippen molar-refractivity contribution >= 4 is 26.0 Å². The van der Waals surface area contributed by atoms with Gasteiger partial charge in [0, 0.05) is 21.2 Å². The normalized spacial score (nSPS) is 12.6. The van der Waals surface area contributed by atoms with E-state index in [9.17, 15) is 14.4 Å². The van der Waals surface area contributed by atoms with Crippen LogP contribution in [0.15, 0.2) is 0 Å². The fraction of sp³-hybridized carbons (Fsp3) is 0.875. The summed E-state index contributed by atoms with van der Waals surface area (Å²) in [5.41, 5.74) is 4.89. The maximum Gasteiger partial charge on any atom is 0.408 e. The monoisotopic (exact) mass is 551 g/mol. The van der Waals surface area contributed by atoms with Gasteiger partial charge in [0.05, 0.1) is 65.9 Å². The first kappa shape index (κ1) is 35.2. The standard InChI is InChI=1S/C24H49N3O9Si/c1-24(2,3)36-23(30)27-20(19-25)22(29)26-8-10-32-12-14-34-16-15-33-13-11-31-9-7-21(28)35-17-18-37(4,5)6/h20H,7-19,25H2,1-6H3,(H,26,29)(H,27,30)/t20-/m1/s1. The summed E-state index contributed by atoms with van der Waals surface area (Å²) < 4.78 is 31.9. The van der Waals surface area contributed by atoms with Gasteiger partial charge in [0.25, 0.3) is 0 Å². The summed E-state index contributed by atoms with van der Waals surface area (Å²) in [6.07, 6.45) is -0.456. The van der Waals surface area contributed by atoms with Gasteiger partial charge in [-0.15, -0.1) is 0 Å². The average molecular weight is 552 g/mol. The average Bonchev–Trinajstić information content (AvgIpc) is 2.77. The van der Waals surface area contributed by atoms with Crippen LogP contribution in [-0.4, -0.2) is 110 Å². The molecule has 0 unspecified atom stereocenters. The number of hydrogen-bond acceptors (Lipinski definition) is 10. The van der Waals surface area contributed by atoms with E-state index >= 15 is 0 Å². The van der Waals surface area contributed by atoms with Crippen molar-refractivity contribution in [3.05, 3.63) is 0 Å². The number of carbonyl (C=O) groups is 3. The molecule has 0 aliphatic rings. The number of rotatable bonds is 21. The maximum atomic E-state index is 12.1. The molecule has 218 valence electrons. The highest BCUT2D eigenvalue weighted by Gasteiger charge is 2.23. The van der Waals surface area contributed by atoms with Crippen LogP contribution in [0.25, 0.3) is 0 Å². The van der Waals surface area contributed by atoms with E-state index in [2.05, 4.69) is 30.3 Å². The predicted octanol–water partition coefficient (Wildman–Crippen LogP) is 1.29. The van der Waals surface area contributed by atoms with Crippen LogP contribution >= 0.6 is 0 Å². The fourth-order valence-corrected chi connectivity index (χ4v) is 3.23. The lowest BCUT2D eigenvalue weighted by molar-refractivity contribution is -0.144. The van der Waals surface area contributed by atoms with Crippen molar-refractivity contribution in [2.24, 2.45) is 5.73 Å². The first-order valence-electron chi connectivity index (χ1n) is 12.8. The molecule has 37 heavy (non-hydrogen) atoms. The Morgan fingerprint density at radius 2 is 1.32 bits per heavy atom. The van der Waals surface area contributed by atoms with Crippen molar-refractivity contribution in [3.63, 3.8) is 0 Å². The quantitative estimate of drug-likeness (QED) is 0.108. The van der Waals surface area contributed by atoms with E-state index in [1.165, 1.54) is 0 Å². The lowest BCUT2D eigenvalue weighted by Gasteiger charge is -2.22. The molecule has 0 spiro atoms. The fourth-order valence-electron chi connectivity index (χ4n) is 2.51. The zero-order valence-corrected chi connectivity index (χ0v) is 24.5. The van der Waals surface area contributed by atoms with E-state index in [-0.39, 0.29) is 25.5 Å². The minimum Gasteiger partial charge on any atom is -0.466 e. The van der Waals surface area contributed by atoms with E-state index in [1.807, 2.05) is 0 Å². The minimum absolute atomic E-state index is 0.0541. The van der Waals surface area contributed by atoms with Crippen LogP contribution < -0.4 is 16.4 Å². The summed E-state index contributed by atoms with van der Waals surface area (Å²) in [4.78, 5) is 35.5. The molecule has 0 aromatic heterocycles. The summed E-state index contributed by atoms with van der Waals surface area (Å²) in [5.74, 6) is -0.640. The Morgan fingerprint density at radius 1 is 0.811 bits per heavy atom. The first-order valence-corrected chi connectivity index (χ1v) is 16.5. The molecule has 0 aromatic carbocycles. The Labute approximate surface area is 222 Å². The van der Waals surface area contributed by atoms with E-state index in [4.69, 9.17) is 34.2 Å². The topological polar surface area (TPSA) is 157 Å². The third-order valence-electron chi connectivity index (χ3n) is 4.47. The number of carbonyl (C=O) groups excluding carboxylic acids is 3. The summed E-state index contributed by atoms with van der Waals surface area (Å²) >= 11 is 0. The Kier molecular flexibility index (Phi) is 19.3. The second-order valence-electron chi connectivity index (χ2n) is 10.5. The molecule has 1 atom stereocenters. The van der Waals surface area contributed by atoms with E-state index in [0.29, 0.717) is 59.5 Å². The lowest BCUT2D eigenvalue weighted by atomic mass is 10.2. The molecule has 4 N–H and O–H groups in total. The number of hydrogen-bond donors (Lipinski definition) is 3. The van der Waals surface area contributed by atoms with Crippen molar-refractivity contribution in [2.45, 2.75) is 64.5 Å². The summed E-state index contributed by atoms with van der Waals surface area (Å²) in [7, 11) is -1.19. The van der Waals surface area contributed by atoms with Gasteiger partial charge >= 0.3 is 12.1 Å². The van der Waals surface area contributed by atoms with Gasteiger partial charge < -0.3 is 44.8 Å². The lowest BCUT2D eigenvalue weighted by Crippen LogP contribution is -2.52. The molecule has 0 aliphatic heterocycles. The van der Waals surface area contributed by atoms with Gasteiger partial charge in [-0.2, -0.15) is 0 Å². The second-order valence-corrected chi connectivity index (χ2v) is 16.1. The van der Waals surface area contributed by atoms with Crippen LogP contribution in [0.3, 0.4) is 0 Å². The van der Waals surface area contributed by atoms with Gasteiger partial charge in [-0.05, 0) is 26.8 Å². The van der Waals surface area contributed by atoms with Gasteiger partial charge in [0.2, 0.25) is 5.91 Å². The van der Waals surface area contributed by atoms with Crippen molar-refractivity contribution in [2.75, 3.05) is 72.6 Å². The molecule has 0 saturated heterocycles. The SMILES string of the molecule is CC(C)(C)OC(=O)N[C@H](CN)C(=O)NCCOCCOCCOCCOCCC(=O)OCC[Si](C)(C)C. The van der Waals surface area contributed by atoms with Gasteiger partial charge in [-0.1, -0.05) is 19.6 Å². The molecule has 0 fully saturated rings. The number of ether oxygens (including phenoxy) is 6. The Bertz CT molecular complexity index is 640. The van der Waals surface area contributed by atoms with Gasteiger partial charge in [0.15, 0.2) is 0 Å². The Balaban J connectivity index is 3.52. The highest BCUT2D eigenvalue weighted by molar-refractivity contribution is 6.76. The molecule has 2 amide bonds. The van der Waals surface area contributed by atoms with Crippen LogP contribution in [0.2, 0.25) is 25.7 Å². The van der Waals surface area contributed by atoms with E-state index < -0.39 is 31.7 Å². The highest BCUT2D eigenvalue weighted by atomic mass is 28.3. The predicted molar refractivity (Wildman–Crippen MR) is 142 cm³/mol. The van der Waals surface area contributed by atoms with Crippen molar-refractivity contribution in [1.82, 2.24) is 10.6 Å². The maximum absolute atomic E-state index is 12.1.